The molecule has 2 rings (SSSR count). The van der Waals surface area contributed by atoms with Crippen molar-refractivity contribution < 1.29 is 8.42 Å². The Balaban J connectivity index is 1.94. The Kier molecular flexibility index (Phi) is 6.43. The van der Waals surface area contributed by atoms with Crippen molar-refractivity contribution in [2.75, 3.05) is 6.54 Å². The van der Waals surface area contributed by atoms with Crippen molar-refractivity contribution in [3.8, 4) is 0 Å². The number of halogens is 2. The van der Waals surface area contributed by atoms with Crippen LogP contribution >= 0.6 is 38.5 Å². The van der Waals surface area contributed by atoms with Gasteiger partial charge in [0, 0.05) is 14.9 Å². The van der Waals surface area contributed by atoms with Gasteiger partial charge in [-0.1, -0.05) is 68.3 Å². The molecule has 0 aliphatic rings. The summed E-state index contributed by atoms with van der Waals surface area (Å²) in [6, 6.07) is 15.0. The van der Waals surface area contributed by atoms with Gasteiger partial charge < -0.3 is 0 Å². The predicted molar refractivity (Wildman–Crippen MR) is 102 cm³/mol. The fourth-order valence-electron chi connectivity index (χ4n) is 1.99. The molecule has 22 heavy (non-hydrogen) atoms. The lowest BCUT2D eigenvalue weighted by molar-refractivity contribution is 0.579. The van der Waals surface area contributed by atoms with E-state index < -0.39 is 10.0 Å². The van der Waals surface area contributed by atoms with E-state index in [4.69, 9.17) is 0 Å². The normalized spacial score (nSPS) is 13.0. The summed E-state index contributed by atoms with van der Waals surface area (Å²) < 4.78 is 28.3. The van der Waals surface area contributed by atoms with E-state index in [0.717, 1.165) is 16.5 Å². The first-order valence-corrected chi connectivity index (χ1v) is 10.4. The van der Waals surface area contributed by atoms with E-state index >= 15 is 0 Å². The summed E-state index contributed by atoms with van der Waals surface area (Å²) in [5, 5.41) is 0. The number of aryl methyl sites for hydroxylation is 1. The second-order valence-electron chi connectivity index (χ2n) is 5.02. The molecule has 0 radical (unpaired) electrons. The van der Waals surface area contributed by atoms with Crippen LogP contribution < -0.4 is 4.72 Å². The van der Waals surface area contributed by atoms with Crippen molar-refractivity contribution >= 4 is 48.5 Å². The molecule has 3 nitrogen and oxygen atoms in total. The smallest absolute Gasteiger partial charge is 0.211 e. The van der Waals surface area contributed by atoms with E-state index in [1.165, 1.54) is 5.56 Å². The van der Waals surface area contributed by atoms with Gasteiger partial charge in [0.25, 0.3) is 0 Å². The van der Waals surface area contributed by atoms with Gasteiger partial charge in [0.15, 0.2) is 0 Å². The Labute approximate surface area is 153 Å². The van der Waals surface area contributed by atoms with Crippen LogP contribution in [0.25, 0.3) is 0 Å². The van der Waals surface area contributed by atoms with Crippen LogP contribution in [-0.4, -0.2) is 15.0 Å². The molecule has 2 aromatic carbocycles. The average molecular weight is 494 g/mol. The van der Waals surface area contributed by atoms with Crippen LogP contribution in [0.15, 0.2) is 57.9 Å². The van der Waals surface area contributed by atoms with Crippen molar-refractivity contribution in [1.82, 2.24) is 4.72 Å². The standard InChI is InChI=1S/C16H17BrINO2S/c1-12-5-7-15(8-6-12)22(20,21)19-10-9-16(18)13-3-2-4-14(17)11-13/h2-8,11,16,19H,9-10H2,1H3. The molecule has 1 atom stereocenters. The maximum absolute atomic E-state index is 12.2. The van der Waals surface area contributed by atoms with Gasteiger partial charge in [0.05, 0.1) is 4.90 Å². The number of rotatable bonds is 6. The van der Waals surface area contributed by atoms with Crippen LogP contribution in [0.2, 0.25) is 0 Å². The zero-order chi connectivity index (χ0) is 16.2. The van der Waals surface area contributed by atoms with Gasteiger partial charge in [-0.2, -0.15) is 0 Å². The second-order valence-corrected chi connectivity index (χ2v) is 9.21. The van der Waals surface area contributed by atoms with Crippen LogP contribution in [0.5, 0.6) is 0 Å². The quantitative estimate of drug-likeness (QED) is 0.472. The van der Waals surface area contributed by atoms with Gasteiger partial charge in [0.1, 0.15) is 0 Å². The third-order valence-corrected chi connectivity index (χ3v) is 6.54. The fourth-order valence-corrected chi connectivity index (χ4v) is 4.15. The number of hydrogen-bond acceptors (Lipinski definition) is 2. The predicted octanol–water partition coefficient (Wildman–Crippen LogP) is 4.60. The van der Waals surface area contributed by atoms with E-state index in [9.17, 15) is 8.42 Å². The first kappa shape index (κ1) is 17.9. The van der Waals surface area contributed by atoms with Gasteiger partial charge in [-0.25, -0.2) is 13.1 Å². The van der Waals surface area contributed by atoms with Crippen molar-refractivity contribution in [3.05, 3.63) is 64.1 Å². The molecule has 0 amide bonds. The minimum atomic E-state index is -3.43. The summed E-state index contributed by atoms with van der Waals surface area (Å²) in [7, 11) is -3.43. The zero-order valence-corrected chi connectivity index (χ0v) is 16.7. The molecule has 0 spiro atoms. The highest BCUT2D eigenvalue weighted by molar-refractivity contribution is 14.1. The summed E-state index contributed by atoms with van der Waals surface area (Å²) in [6.07, 6.45) is 0.738. The topological polar surface area (TPSA) is 46.2 Å². The van der Waals surface area contributed by atoms with Crippen molar-refractivity contribution in [3.63, 3.8) is 0 Å². The minimum absolute atomic E-state index is 0.260. The molecule has 0 aliphatic heterocycles. The Hall–Kier alpha value is -0.440. The molecule has 1 N–H and O–H groups in total. The molecule has 0 bridgehead atoms. The third kappa shape index (κ3) is 5.04. The SMILES string of the molecule is Cc1ccc(S(=O)(=O)NCCC(I)c2cccc(Br)c2)cc1. The van der Waals surface area contributed by atoms with Crippen LogP contribution in [0, 0.1) is 6.92 Å². The largest absolute Gasteiger partial charge is 0.240 e. The van der Waals surface area contributed by atoms with Crippen molar-refractivity contribution in [2.24, 2.45) is 0 Å². The van der Waals surface area contributed by atoms with E-state index in [1.807, 2.05) is 19.1 Å². The molecule has 0 fully saturated rings. The minimum Gasteiger partial charge on any atom is -0.211 e. The molecule has 6 heteroatoms. The first-order chi connectivity index (χ1) is 10.4. The Morgan fingerprint density at radius 2 is 1.86 bits per heavy atom. The lowest BCUT2D eigenvalue weighted by Gasteiger charge is -2.12. The highest BCUT2D eigenvalue weighted by Gasteiger charge is 2.14. The monoisotopic (exact) mass is 493 g/mol. The van der Waals surface area contributed by atoms with Crippen LogP contribution in [0.4, 0.5) is 0 Å². The number of benzene rings is 2. The van der Waals surface area contributed by atoms with Crippen LogP contribution in [-0.2, 0) is 10.0 Å². The van der Waals surface area contributed by atoms with Gasteiger partial charge in [-0.3, -0.25) is 0 Å². The van der Waals surface area contributed by atoms with Crippen molar-refractivity contribution in [2.45, 2.75) is 22.2 Å². The van der Waals surface area contributed by atoms with Gasteiger partial charge in [-0.05, 0) is 43.2 Å². The maximum atomic E-state index is 12.2. The number of nitrogens with one attached hydrogen (secondary N) is 1. The third-order valence-electron chi connectivity index (χ3n) is 3.23. The molecule has 0 aliphatic carbocycles. The number of hydrogen-bond donors (Lipinski definition) is 1. The molecule has 0 saturated heterocycles. The lowest BCUT2D eigenvalue weighted by Crippen LogP contribution is -2.25. The fraction of sp³-hybridized carbons (Fsp3) is 0.250. The van der Waals surface area contributed by atoms with Gasteiger partial charge >= 0.3 is 0 Å². The molecule has 0 heterocycles. The molecule has 2 aromatic rings. The molecular formula is C16H17BrINO2S. The zero-order valence-electron chi connectivity index (χ0n) is 12.1. The van der Waals surface area contributed by atoms with Crippen LogP contribution in [0.3, 0.4) is 0 Å². The Morgan fingerprint density at radius 1 is 1.18 bits per heavy atom. The molecular weight excluding hydrogens is 477 g/mol. The molecule has 1 unspecified atom stereocenters. The van der Waals surface area contributed by atoms with Gasteiger partial charge in [0.2, 0.25) is 10.0 Å². The van der Waals surface area contributed by atoms with E-state index in [2.05, 4.69) is 55.4 Å². The number of sulfonamides is 1. The van der Waals surface area contributed by atoms with E-state index in [0.29, 0.717) is 11.4 Å². The maximum Gasteiger partial charge on any atom is 0.240 e. The Morgan fingerprint density at radius 3 is 2.50 bits per heavy atom. The van der Waals surface area contributed by atoms with Gasteiger partial charge in [-0.15, -0.1) is 0 Å². The first-order valence-electron chi connectivity index (χ1n) is 6.84. The molecule has 0 aromatic heterocycles. The molecule has 118 valence electrons. The number of alkyl halides is 1. The highest BCUT2D eigenvalue weighted by atomic mass is 127. The van der Waals surface area contributed by atoms with E-state index in [-0.39, 0.29) is 3.92 Å². The summed E-state index contributed by atoms with van der Waals surface area (Å²) in [6.45, 7) is 2.35. The second kappa shape index (κ2) is 7.90. The average Bonchev–Trinajstić information content (AvgIpc) is 2.47. The highest BCUT2D eigenvalue weighted by Crippen LogP contribution is 2.28. The summed E-state index contributed by atoms with van der Waals surface area (Å²) >= 11 is 5.79. The summed E-state index contributed by atoms with van der Waals surface area (Å²) in [5.41, 5.74) is 2.23. The molecule has 0 saturated carbocycles. The summed E-state index contributed by atoms with van der Waals surface area (Å²) in [5.74, 6) is 0. The summed E-state index contributed by atoms with van der Waals surface area (Å²) in [4.78, 5) is 0.311. The lowest BCUT2D eigenvalue weighted by atomic mass is 10.1. The Bertz CT molecular complexity index is 732. The van der Waals surface area contributed by atoms with Crippen LogP contribution in [0.1, 0.15) is 21.5 Å². The van der Waals surface area contributed by atoms with E-state index in [1.54, 1.807) is 24.3 Å². The van der Waals surface area contributed by atoms with Crippen molar-refractivity contribution in [1.29, 1.82) is 0 Å².